The van der Waals surface area contributed by atoms with Crippen molar-refractivity contribution >= 4 is 26.6 Å². The van der Waals surface area contributed by atoms with Gasteiger partial charge in [0.15, 0.2) is 0 Å². The number of sulfonamides is 1. The van der Waals surface area contributed by atoms with Crippen molar-refractivity contribution in [2.75, 3.05) is 24.7 Å². The second-order valence-electron chi connectivity index (χ2n) is 7.98. The molecule has 4 atom stereocenters. The summed E-state index contributed by atoms with van der Waals surface area (Å²) in [7, 11) is -3.29. The minimum Gasteiger partial charge on any atom is -0.390 e. The topological polar surface area (TPSA) is 121 Å². The van der Waals surface area contributed by atoms with E-state index in [-0.39, 0.29) is 18.6 Å². The predicted molar refractivity (Wildman–Crippen MR) is 109 cm³/mol. The molecule has 2 aromatic rings. The highest BCUT2D eigenvalue weighted by molar-refractivity contribution is 7.88. The summed E-state index contributed by atoms with van der Waals surface area (Å²) >= 11 is 0. The third-order valence-corrected chi connectivity index (χ3v) is 7.15. The average molecular weight is 406 g/mol. The van der Waals surface area contributed by atoms with E-state index < -0.39 is 16.1 Å². The molecule has 8 nitrogen and oxygen atoms in total. The van der Waals surface area contributed by atoms with Crippen LogP contribution in [0, 0.1) is 0 Å². The van der Waals surface area contributed by atoms with Gasteiger partial charge in [-0.15, -0.1) is 0 Å². The first-order valence-corrected chi connectivity index (χ1v) is 11.6. The van der Waals surface area contributed by atoms with Gasteiger partial charge in [-0.1, -0.05) is 0 Å². The van der Waals surface area contributed by atoms with Crippen LogP contribution in [-0.2, 0) is 10.0 Å². The molecular formula is C19H27N5O3S. The van der Waals surface area contributed by atoms with Gasteiger partial charge < -0.3 is 16.2 Å². The predicted octanol–water partition coefficient (Wildman–Crippen LogP) is 1.03. The van der Waals surface area contributed by atoms with Gasteiger partial charge in [0.05, 0.1) is 24.1 Å². The van der Waals surface area contributed by atoms with Crippen molar-refractivity contribution in [3.63, 3.8) is 0 Å². The number of pyridine rings is 2. The Morgan fingerprint density at radius 3 is 2.79 bits per heavy atom. The molecule has 28 heavy (non-hydrogen) atoms. The number of aliphatic hydroxyl groups is 1. The Kier molecular flexibility index (Phi) is 5.26. The fourth-order valence-electron chi connectivity index (χ4n) is 4.32. The van der Waals surface area contributed by atoms with Gasteiger partial charge in [0.25, 0.3) is 0 Å². The van der Waals surface area contributed by atoms with Crippen LogP contribution < -0.4 is 11.1 Å². The normalized spacial score (nSPS) is 29.2. The van der Waals surface area contributed by atoms with E-state index in [1.165, 1.54) is 10.6 Å². The highest BCUT2D eigenvalue weighted by Gasteiger charge is 2.32. The van der Waals surface area contributed by atoms with Crippen molar-refractivity contribution in [3.8, 4) is 0 Å². The number of nitrogens with one attached hydrogen (secondary N) is 1. The van der Waals surface area contributed by atoms with Crippen molar-refractivity contribution in [3.05, 3.63) is 30.2 Å². The highest BCUT2D eigenvalue weighted by atomic mass is 32.2. The SMILES string of the molecule is CS(=O)(=O)N1CC[C@@H](Nc2cc3c([C@H]4CC[C@@H](N)C4)nccc3cn2)[C@H](O)C1. The largest absolute Gasteiger partial charge is 0.390 e. The lowest BCUT2D eigenvalue weighted by atomic mass is 9.98. The summed E-state index contributed by atoms with van der Waals surface area (Å²) in [6, 6.07) is 3.92. The van der Waals surface area contributed by atoms with Crippen LogP contribution in [0.1, 0.15) is 37.3 Å². The smallest absolute Gasteiger partial charge is 0.211 e. The Morgan fingerprint density at radius 1 is 1.29 bits per heavy atom. The molecule has 2 fully saturated rings. The molecule has 0 amide bonds. The Labute approximate surface area is 165 Å². The van der Waals surface area contributed by atoms with Crippen molar-refractivity contribution in [1.82, 2.24) is 14.3 Å². The van der Waals surface area contributed by atoms with E-state index in [2.05, 4.69) is 15.3 Å². The Morgan fingerprint density at radius 2 is 2.11 bits per heavy atom. The van der Waals surface area contributed by atoms with Gasteiger partial charge in [-0.25, -0.2) is 13.4 Å². The van der Waals surface area contributed by atoms with Crippen molar-refractivity contribution in [1.29, 1.82) is 0 Å². The van der Waals surface area contributed by atoms with Crippen LogP contribution in [0.3, 0.4) is 0 Å². The van der Waals surface area contributed by atoms with E-state index in [9.17, 15) is 13.5 Å². The van der Waals surface area contributed by atoms with Crippen LogP contribution in [0.15, 0.2) is 24.5 Å². The van der Waals surface area contributed by atoms with Gasteiger partial charge in [0, 0.05) is 48.2 Å². The molecule has 0 bridgehead atoms. The fourth-order valence-corrected chi connectivity index (χ4v) is 5.18. The standard InChI is InChI=1S/C19H27N5O3S/c1-28(26,27)24-7-5-16(17(25)11-24)23-18-9-15-13(10-22-18)4-6-21-19(15)12-2-3-14(20)8-12/h4,6,9-10,12,14,16-17,25H,2-3,5,7-8,11,20H2,1H3,(H,22,23)/t12-,14+,16+,17+/m0/s1. The lowest BCUT2D eigenvalue weighted by molar-refractivity contribution is 0.0952. The number of nitrogens with two attached hydrogens (primary N) is 1. The molecule has 0 spiro atoms. The second-order valence-corrected chi connectivity index (χ2v) is 9.97. The quantitative estimate of drug-likeness (QED) is 0.694. The van der Waals surface area contributed by atoms with E-state index >= 15 is 0 Å². The Hall–Kier alpha value is -1.81. The number of nitrogens with zero attached hydrogens (tertiary/aromatic N) is 3. The van der Waals surface area contributed by atoms with Crippen molar-refractivity contribution in [2.24, 2.45) is 5.73 Å². The van der Waals surface area contributed by atoms with E-state index in [0.717, 1.165) is 35.7 Å². The molecule has 4 rings (SSSR count). The van der Waals surface area contributed by atoms with E-state index in [1.807, 2.05) is 24.5 Å². The molecule has 1 saturated heterocycles. The third-order valence-electron chi connectivity index (χ3n) is 5.89. The number of β-amino-alcohol motifs (C(OH)–C–C–N with tert-alkyl or cyclic N) is 1. The summed E-state index contributed by atoms with van der Waals surface area (Å²) in [5.41, 5.74) is 7.15. The van der Waals surface area contributed by atoms with Gasteiger partial charge in [-0.05, 0) is 37.8 Å². The van der Waals surface area contributed by atoms with Crippen LogP contribution in [0.25, 0.3) is 10.8 Å². The maximum Gasteiger partial charge on any atom is 0.211 e. The molecule has 152 valence electrons. The maximum atomic E-state index is 11.7. The monoisotopic (exact) mass is 405 g/mol. The molecule has 2 aromatic heterocycles. The lowest BCUT2D eigenvalue weighted by Crippen LogP contribution is -2.51. The molecule has 0 radical (unpaired) electrons. The number of rotatable bonds is 4. The van der Waals surface area contributed by atoms with Crippen LogP contribution in [0.4, 0.5) is 5.82 Å². The van der Waals surface area contributed by atoms with E-state index in [1.54, 1.807) is 0 Å². The van der Waals surface area contributed by atoms with Gasteiger partial charge in [0.1, 0.15) is 5.82 Å². The molecule has 1 saturated carbocycles. The first-order valence-electron chi connectivity index (χ1n) is 9.71. The number of hydrogen-bond acceptors (Lipinski definition) is 7. The third kappa shape index (κ3) is 3.98. The first-order chi connectivity index (χ1) is 13.3. The number of piperidine rings is 1. The van der Waals surface area contributed by atoms with Crippen LogP contribution in [0.2, 0.25) is 0 Å². The first kappa shape index (κ1) is 19.5. The molecule has 3 heterocycles. The summed E-state index contributed by atoms with van der Waals surface area (Å²) < 4.78 is 24.7. The molecule has 2 aliphatic rings. The zero-order chi connectivity index (χ0) is 19.9. The van der Waals surface area contributed by atoms with Crippen LogP contribution in [0.5, 0.6) is 0 Å². The number of hydrogen-bond donors (Lipinski definition) is 3. The zero-order valence-corrected chi connectivity index (χ0v) is 16.8. The molecule has 1 aliphatic heterocycles. The lowest BCUT2D eigenvalue weighted by Gasteiger charge is -2.35. The summed E-state index contributed by atoms with van der Waals surface area (Å²) in [5.74, 6) is 1.03. The number of aromatic nitrogens is 2. The molecule has 0 aromatic carbocycles. The van der Waals surface area contributed by atoms with E-state index in [0.29, 0.717) is 24.7 Å². The van der Waals surface area contributed by atoms with E-state index in [4.69, 9.17) is 5.73 Å². The van der Waals surface area contributed by atoms with Crippen LogP contribution in [-0.4, -0.2) is 65.3 Å². The van der Waals surface area contributed by atoms with Crippen molar-refractivity contribution in [2.45, 2.75) is 49.8 Å². The maximum absolute atomic E-state index is 11.7. The van der Waals surface area contributed by atoms with Gasteiger partial charge in [-0.3, -0.25) is 4.98 Å². The molecule has 1 aliphatic carbocycles. The molecular weight excluding hydrogens is 378 g/mol. The minimum atomic E-state index is -3.29. The Bertz CT molecular complexity index is 967. The summed E-state index contributed by atoms with van der Waals surface area (Å²) in [5, 5.41) is 15.8. The fraction of sp³-hybridized carbons (Fsp3) is 0.579. The summed E-state index contributed by atoms with van der Waals surface area (Å²) in [6.07, 6.45) is 7.54. The van der Waals surface area contributed by atoms with Gasteiger partial charge >= 0.3 is 0 Å². The minimum absolute atomic E-state index is 0.0941. The zero-order valence-electron chi connectivity index (χ0n) is 16.0. The Balaban J connectivity index is 1.55. The second kappa shape index (κ2) is 7.55. The van der Waals surface area contributed by atoms with Gasteiger partial charge in [-0.2, -0.15) is 4.31 Å². The number of anilines is 1. The van der Waals surface area contributed by atoms with Crippen molar-refractivity contribution < 1.29 is 13.5 Å². The summed E-state index contributed by atoms with van der Waals surface area (Å²) in [4.78, 5) is 9.11. The number of aliphatic hydroxyl groups excluding tert-OH is 1. The molecule has 9 heteroatoms. The summed E-state index contributed by atoms with van der Waals surface area (Å²) in [6.45, 7) is 0.477. The molecule has 4 N–H and O–H groups in total. The average Bonchev–Trinajstić information content (AvgIpc) is 3.08. The highest BCUT2D eigenvalue weighted by Crippen LogP contribution is 2.36. The van der Waals surface area contributed by atoms with Gasteiger partial charge in [0.2, 0.25) is 10.0 Å². The molecule has 0 unspecified atom stereocenters. The van der Waals surface area contributed by atoms with Crippen LogP contribution >= 0.6 is 0 Å². The number of fused-ring (bicyclic) bond motifs is 1.